The van der Waals surface area contributed by atoms with Crippen LogP contribution in [0.15, 0.2) is 122 Å². The Morgan fingerprint density at radius 1 is 0.778 bits per heavy atom. The van der Waals surface area contributed by atoms with E-state index in [9.17, 15) is 0 Å². The van der Waals surface area contributed by atoms with Crippen LogP contribution >= 0.6 is 35.0 Å². The lowest BCUT2D eigenvalue weighted by molar-refractivity contribution is -0.0428. The minimum absolute atomic E-state index is 0. The highest BCUT2D eigenvalue weighted by Gasteiger charge is 2.57. The Hall–Kier alpha value is -3.44. The molecule has 0 saturated heterocycles. The third-order valence-corrected chi connectivity index (χ3v) is 13.3. The summed E-state index contributed by atoms with van der Waals surface area (Å²) in [6.07, 6.45) is 26.8. The van der Waals surface area contributed by atoms with Crippen molar-refractivity contribution in [3.8, 4) is 0 Å². The number of benzene rings is 1. The molecule has 0 radical (unpaired) electrons. The first-order valence-electron chi connectivity index (χ1n) is 18.7. The molecule has 0 amide bonds. The molecule has 9 rings (SSSR count). The molecule has 0 aliphatic heterocycles. The summed E-state index contributed by atoms with van der Waals surface area (Å²) in [6, 6.07) is 20.3. The number of imidazole rings is 1. The van der Waals surface area contributed by atoms with Crippen LogP contribution in [0.3, 0.4) is 0 Å². The third-order valence-electron chi connectivity index (χ3n) is 12.4. The average molecular weight is 860 g/mol. The van der Waals surface area contributed by atoms with E-state index in [1.54, 1.807) is 30.1 Å². The molecular formula is C45H55ClIN5O2. The van der Waals surface area contributed by atoms with Crippen molar-refractivity contribution in [3.05, 3.63) is 139 Å². The van der Waals surface area contributed by atoms with E-state index in [2.05, 4.69) is 111 Å². The average Bonchev–Trinajstić information content (AvgIpc) is 3.79. The van der Waals surface area contributed by atoms with Gasteiger partial charge in [-0.05, 0) is 133 Å². The number of nitrogens with zero attached hydrogens (tertiary/aromatic N) is 5. The third kappa shape index (κ3) is 8.83. The van der Waals surface area contributed by atoms with Gasteiger partial charge in [0, 0.05) is 52.7 Å². The summed E-state index contributed by atoms with van der Waals surface area (Å²) >= 11 is 2.33. The Morgan fingerprint density at radius 3 is 2.04 bits per heavy atom. The van der Waals surface area contributed by atoms with Gasteiger partial charge in [0.2, 0.25) is 0 Å². The first kappa shape index (κ1) is 41.7. The second-order valence-electron chi connectivity index (χ2n) is 15.2. The van der Waals surface area contributed by atoms with Crippen LogP contribution in [0.5, 0.6) is 0 Å². The number of allylic oxidation sites excluding steroid dienone is 3. The second-order valence-corrected chi connectivity index (χ2v) is 15.9. The maximum absolute atomic E-state index is 8.51. The van der Waals surface area contributed by atoms with Crippen molar-refractivity contribution < 1.29 is 9.84 Å². The number of pyridine rings is 3. The van der Waals surface area contributed by atoms with E-state index >= 15 is 0 Å². The van der Waals surface area contributed by atoms with Crippen molar-refractivity contribution in [2.24, 2.45) is 28.6 Å². The zero-order valence-electron chi connectivity index (χ0n) is 30.7. The summed E-state index contributed by atoms with van der Waals surface area (Å²) in [5.41, 5.74) is 9.55. The Labute approximate surface area is 341 Å². The topological polar surface area (TPSA) is 86.0 Å². The molecule has 5 aromatic rings. The molecule has 2 saturated carbocycles. The largest absolute Gasteiger partial charge is 0.392 e. The SMILES string of the molecule is C.C[C@]12CC[C@H](OCc3ccncc3)CC1=CCC1C2CC[C@]2(C)C(n3cnc4ccccc43)=CCC12.Cl.ICc1ccncc1.OCc1ccncc1. The quantitative estimate of drug-likeness (QED) is 0.104. The van der Waals surface area contributed by atoms with Gasteiger partial charge in [0.25, 0.3) is 0 Å². The van der Waals surface area contributed by atoms with Gasteiger partial charge < -0.3 is 14.4 Å². The zero-order valence-corrected chi connectivity index (χ0v) is 33.7. The van der Waals surface area contributed by atoms with Crippen LogP contribution in [0.4, 0.5) is 0 Å². The Kier molecular flexibility index (Phi) is 14.6. The molecule has 4 aliphatic rings. The summed E-state index contributed by atoms with van der Waals surface area (Å²) in [5, 5.41) is 8.51. The lowest BCUT2D eigenvalue weighted by atomic mass is 9.47. The van der Waals surface area contributed by atoms with Gasteiger partial charge in [-0.1, -0.05) is 73.7 Å². The monoisotopic (exact) mass is 859 g/mol. The van der Waals surface area contributed by atoms with E-state index in [0.29, 0.717) is 18.1 Å². The van der Waals surface area contributed by atoms with Crippen LogP contribution in [-0.2, 0) is 22.4 Å². The zero-order chi connectivity index (χ0) is 36.0. The maximum Gasteiger partial charge on any atom is 0.100 e. The molecule has 1 N–H and O–H groups in total. The van der Waals surface area contributed by atoms with E-state index in [-0.39, 0.29) is 31.9 Å². The Bertz CT molecular complexity index is 1930. The molecule has 0 bridgehead atoms. The molecule has 286 valence electrons. The van der Waals surface area contributed by atoms with Gasteiger partial charge in [0.1, 0.15) is 6.33 Å². The summed E-state index contributed by atoms with van der Waals surface area (Å²) in [5.74, 6) is 2.29. The van der Waals surface area contributed by atoms with Gasteiger partial charge in [0.15, 0.2) is 0 Å². The fourth-order valence-corrected chi connectivity index (χ4v) is 10.0. The van der Waals surface area contributed by atoms with E-state index in [0.717, 1.165) is 39.7 Å². The standard InChI is InChI=1S/C32H37N3O.C6H6IN.C6H7NO.CH4.ClH/c1-31-15-11-24(36-20-22-13-17-33-18-14-22)19-23(31)7-8-25-26-9-10-30(32(26,2)16-12-27(25)31)35-21-34-28-5-3-4-6-29(28)35;7-5-6-1-3-8-4-2-6;8-5-6-1-3-7-4-2-6;;/h3-7,10,13-14,17-18,21,24-27H,8-9,11-12,15-16,19-20H2,1-2H3;1-4H,5H2;1-4,8H,5H2;1H4;1H/t24-,25?,26?,27?,31-,32-;;;;/m0..../s1. The number of aliphatic hydroxyl groups is 1. The van der Waals surface area contributed by atoms with Crippen molar-refractivity contribution >= 4 is 51.7 Å². The van der Waals surface area contributed by atoms with E-state index in [1.807, 2.05) is 36.9 Å². The summed E-state index contributed by atoms with van der Waals surface area (Å²) in [7, 11) is 0. The normalized spacial score (nSPS) is 26.4. The van der Waals surface area contributed by atoms with Crippen LogP contribution in [-0.4, -0.2) is 35.7 Å². The van der Waals surface area contributed by atoms with Crippen molar-refractivity contribution in [3.63, 3.8) is 0 Å². The molecule has 54 heavy (non-hydrogen) atoms. The molecule has 7 nitrogen and oxygen atoms in total. The molecule has 2 fully saturated rings. The van der Waals surface area contributed by atoms with E-state index in [4.69, 9.17) is 14.8 Å². The van der Waals surface area contributed by atoms with Crippen molar-refractivity contribution in [2.45, 2.75) is 90.0 Å². The Balaban J connectivity index is 0.000000259. The van der Waals surface area contributed by atoms with Crippen molar-refractivity contribution in [1.29, 1.82) is 0 Å². The number of ether oxygens (including phenoxy) is 1. The summed E-state index contributed by atoms with van der Waals surface area (Å²) in [4.78, 5) is 16.5. The molecule has 0 spiro atoms. The second kappa shape index (κ2) is 18.9. The number of aromatic nitrogens is 5. The number of alkyl halides is 1. The summed E-state index contributed by atoms with van der Waals surface area (Å²) < 4.78 is 9.85. The van der Waals surface area contributed by atoms with Gasteiger partial charge >= 0.3 is 0 Å². The minimum Gasteiger partial charge on any atom is -0.392 e. The fraction of sp³-hybridized carbons (Fsp3) is 0.422. The molecule has 1 aromatic carbocycles. The van der Waals surface area contributed by atoms with Crippen LogP contribution in [0.25, 0.3) is 16.7 Å². The number of aliphatic hydroxyl groups excluding tert-OH is 1. The number of para-hydroxylation sites is 2. The van der Waals surface area contributed by atoms with Gasteiger partial charge in [-0.15, -0.1) is 12.4 Å². The first-order valence-corrected chi connectivity index (χ1v) is 20.2. The van der Waals surface area contributed by atoms with Gasteiger partial charge in [-0.2, -0.15) is 0 Å². The highest BCUT2D eigenvalue weighted by Crippen LogP contribution is 2.65. The number of halogens is 2. The molecule has 6 atom stereocenters. The number of hydrogen-bond acceptors (Lipinski definition) is 6. The van der Waals surface area contributed by atoms with Crippen molar-refractivity contribution in [2.75, 3.05) is 0 Å². The highest BCUT2D eigenvalue weighted by molar-refractivity contribution is 14.1. The van der Waals surface area contributed by atoms with Crippen molar-refractivity contribution in [1.82, 2.24) is 24.5 Å². The van der Waals surface area contributed by atoms with E-state index < -0.39 is 0 Å². The Morgan fingerprint density at radius 2 is 1.41 bits per heavy atom. The molecule has 4 aromatic heterocycles. The fourth-order valence-electron chi connectivity index (χ4n) is 9.49. The highest BCUT2D eigenvalue weighted by atomic mass is 127. The van der Waals surface area contributed by atoms with Crippen LogP contribution in [0, 0.1) is 28.6 Å². The van der Waals surface area contributed by atoms with E-state index in [1.165, 1.54) is 60.9 Å². The minimum atomic E-state index is 0. The molecule has 4 aliphatic carbocycles. The smallest absolute Gasteiger partial charge is 0.100 e. The number of rotatable bonds is 6. The summed E-state index contributed by atoms with van der Waals surface area (Å²) in [6.45, 7) is 5.93. The van der Waals surface area contributed by atoms with Crippen LogP contribution in [0.1, 0.15) is 82.9 Å². The van der Waals surface area contributed by atoms with Crippen LogP contribution < -0.4 is 0 Å². The lowest BCUT2D eigenvalue weighted by Crippen LogP contribution is -2.50. The van der Waals surface area contributed by atoms with Gasteiger partial charge in [-0.3, -0.25) is 15.0 Å². The lowest BCUT2D eigenvalue weighted by Gasteiger charge is -2.57. The molecular weight excluding hydrogens is 805 g/mol. The molecule has 4 heterocycles. The van der Waals surface area contributed by atoms with Gasteiger partial charge in [-0.25, -0.2) is 4.98 Å². The molecule has 3 unspecified atom stereocenters. The first-order chi connectivity index (χ1) is 25.4. The van der Waals surface area contributed by atoms with Gasteiger partial charge in [0.05, 0.1) is 30.4 Å². The molecule has 9 heteroatoms. The number of hydrogen-bond donors (Lipinski definition) is 1. The predicted octanol–water partition coefficient (Wildman–Crippen LogP) is 11.1. The predicted molar refractivity (Wildman–Crippen MR) is 230 cm³/mol. The maximum atomic E-state index is 8.51. The number of fused-ring (bicyclic) bond motifs is 6. The van der Waals surface area contributed by atoms with Crippen LogP contribution in [0.2, 0.25) is 0 Å².